The molecule has 0 spiro atoms. The quantitative estimate of drug-likeness (QED) is 0.523. The van der Waals surface area contributed by atoms with Crippen molar-refractivity contribution in [1.82, 2.24) is 5.32 Å². The molecule has 0 atom stereocenters. The minimum absolute atomic E-state index is 0.0340. The van der Waals surface area contributed by atoms with E-state index in [-0.39, 0.29) is 41.6 Å². The van der Waals surface area contributed by atoms with Crippen molar-refractivity contribution in [3.63, 3.8) is 0 Å². The van der Waals surface area contributed by atoms with Crippen molar-refractivity contribution in [2.75, 3.05) is 13.2 Å². The topological polar surface area (TPSA) is 86.3 Å². The van der Waals surface area contributed by atoms with Gasteiger partial charge in [0.1, 0.15) is 11.5 Å². The maximum absolute atomic E-state index is 13.2. The van der Waals surface area contributed by atoms with Gasteiger partial charge in [-0.2, -0.15) is 0 Å². The Bertz CT molecular complexity index is 1070. The number of alkyl halides is 2. The van der Waals surface area contributed by atoms with Crippen LogP contribution in [0.25, 0.3) is 0 Å². The average molecular weight is 498 g/mol. The van der Waals surface area contributed by atoms with Crippen LogP contribution in [0.5, 0.6) is 23.0 Å². The molecule has 34 heavy (non-hydrogen) atoms. The van der Waals surface area contributed by atoms with Crippen molar-refractivity contribution < 1.29 is 37.6 Å². The Morgan fingerprint density at radius 3 is 2.50 bits per heavy atom. The zero-order chi connectivity index (χ0) is 24.6. The highest BCUT2D eigenvalue weighted by Crippen LogP contribution is 2.50. The third kappa shape index (κ3) is 5.31. The molecular weight excluding hydrogens is 472 g/mol. The summed E-state index contributed by atoms with van der Waals surface area (Å²) in [6.07, 6.45) is -1.54. The average Bonchev–Trinajstić information content (AvgIpc) is 3.08. The summed E-state index contributed by atoms with van der Waals surface area (Å²) < 4.78 is 46.6. The van der Waals surface area contributed by atoms with E-state index in [1.54, 1.807) is 24.3 Å². The summed E-state index contributed by atoms with van der Waals surface area (Å²) in [6, 6.07) is 9.16. The SMILES string of the molecule is CCC1(NC(=O)COc2ccc(Cl)c(CO)c2)CC(C)(COc2ccc3c(c2)OC(F)(F)O3)C1. The van der Waals surface area contributed by atoms with Gasteiger partial charge in [-0.15, -0.1) is 8.78 Å². The van der Waals surface area contributed by atoms with E-state index in [0.717, 1.165) is 6.42 Å². The first-order chi connectivity index (χ1) is 16.0. The zero-order valence-electron chi connectivity index (χ0n) is 18.8. The monoisotopic (exact) mass is 497 g/mol. The fourth-order valence-electron chi connectivity index (χ4n) is 4.63. The van der Waals surface area contributed by atoms with Crippen molar-refractivity contribution in [3.8, 4) is 23.0 Å². The molecule has 1 aliphatic heterocycles. The molecule has 184 valence electrons. The van der Waals surface area contributed by atoms with Crippen molar-refractivity contribution in [2.24, 2.45) is 5.41 Å². The van der Waals surface area contributed by atoms with Crippen LogP contribution in [0, 0.1) is 5.41 Å². The molecule has 2 aromatic rings. The van der Waals surface area contributed by atoms with E-state index in [0.29, 0.717) is 41.5 Å². The van der Waals surface area contributed by atoms with Crippen molar-refractivity contribution >= 4 is 17.5 Å². The molecule has 1 fully saturated rings. The van der Waals surface area contributed by atoms with Crippen molar-refractivity contribution in [1.29, 1.82) is 0 Å². The number of ether oxygens (including phenoxy) is 4. The first kappa shape index (κ1) is 24.3. The molecule has 0 aromatic heterocycles. The van der Waals surface area contributed by atoms with Gasteiger partial charge in [0.2, 0.25) is 0 Å². The molecule has 7 nitrogen and oxygen atoms in total. The second-order valence-corrected chi connectivity index (χ2v) is 9.52. The Kier molecular flexibility index (Phi) is 6.52. The van der Waals surface area contributed by atoms with Crippen LogP contribution in [-0.4, -0.2) is 36.1 Å². The zero-order valence-corrected chi connectivity index (χ0v) is 19.6. The third-order valence-corrected chi connectivity index (χ3v) is 6.50. The molecule has 0 bridgehead atoms. The van der Waals surface area contributed by atoms with Crippen LogP contribution in [-0.2, 0) is 11.4 Å². The summed E-state index contributed by atoms with van der Waals surface area (Å²) >= 11 is 5.97. The van der Waals surface area contributed by atoms with E-state index in [4.69, 9.17) is 21.1 Å². The van der Waals surface area contributed by atoms with E-state index in [9.17, 15) is 18.7 Å². The highest BCUT2D eigenvalue weighted by molar-refractivity contribution is 6.31. The van der Waals surface area contributed by atoms with Crippen LogP contribution in [0.4, 0.5) is 8.78 Å². The minimum atomic E-state index is -3.67. The van der Waals surface area contributed by atoms with Gasteiger partial charge in [-0.25, -0.2) is 0 Å². The van der Waals surface area contributed by atoms with Crippen LogP contribution in [0.3, 0.4) is 0 Å². The lowest BCUT2D eigenvalue weighted by atomic mass is 9.57. The second-order valence-electron chi connectivity index (χ2n) is 9.11. The molecule has 1 aliphatic carbocycles. The second kappa shape index (κ2) is 9.11. The number of carbonyl (C=O) groups excluding carboxylic acids is 1. The number of benzene rings is 2. The van der Waals surface area contributed by atoms with E-state index in [2.05, 4.69) is 21.7 Å². The Morgan fingerprint density at radius 1 is 1.12 bits per heavy atom. The predicted octanol–water partition coefficient (Wildman–Crippen LogP) is 4.68. The van der Waals surface area contributed by atoms with Gasteiger partial charge in [0.05, 0.1) is 13.2 Å². The molecule has 0 saturated heterocycles. The predicted molar refractivity (Wildman–Crippen MR) is 120 cm³/mol. The van der Waals surface area contributed by atoms with Gasteiger partial charge in [0.15, 0.2) is 18.1 Å². The fourth-order valence-corrected chi connectivity index (χ4v) is 4.81. The number of carbonyl (C=O) groups is 1. The van der Waals surface area contributed by atoms with Gasteiger partial charge in [0.25, 0.3) is 5.91 Å². The summed E-state index contributed by atoms with van der Waals surface area (Å²) in [5.74, 6) is 0.499. The number of nitrogens with one attached hydrogen (secondary N) is 1. The van der Waals surface area contributed by atoms with Gasteiger partial charge in [-0.05, 0) is 55.2 Å². The van der Waals surface area contributed by atoms with Gasteiger partial charge in [-0.3, -0.25) is 4.79 Å². The summed E-state index contributed by atoms with van der Waals surface area (Å²) in [7, 11) is 0. The molecule has 2 aromatic carbocycles. The number of fused-ring (bicyclic) bond motifs is 1. The van der Waals surface area contributed by atoms with Crippen LogP contribution in [0.15, 0.2) is 36.4 Å². The van der Waals surface area contributed by atoms with E-state index in [1.165, 1.54) is 12.1 Å². The first-order valence-corrected chi connectivity index (χ1v) is 11.3. The normalized spacial score (nSPS) is 24.3. The Hall–Kier alpha value is -2.78. The van der Waals surface area contributed by atoms with Crippen LogP contribution >= 0.6 is 11.6 Å². The Morgan fingerprint density at radius 2 is 1.79 bits per heavy atom. The summed E-state index contributed by atoms with van der Waals surface area (Å²) in [5.41, 5.74) is -0.0434. The number of amides is 1. The maximum Gasteiger partial charge on any atom is 0.586 e. The largest absolute Gasteiger partial charge is 0.586 e. The van der Waals surface area contributed by atoms with E-state index >= 15 is 0 Å². The van der Waals surface area contributed by atoms with Gasteiger partial charge < -0.3 is 29.4 Å². The van der Waals surface area contributed by atoms with Gasteiger partial charge >= 0.3 is 6.29 Å². The molecule has 1 heterocycles. The number of aliphatic hydroxyl groups is 1. The van der Waals surface area contributed by atoms with E-state index in [1.807, 2.05) is 6.92 Å². The lowest BCUT2D eigenvalue weighted by molar-refractivity contribution is -0.286. The van der Waals surface area contributed by atoms with Crippen molar-refractivity contribution in [3.05, 3.63) is 47.0 Å². The molecule has 2 aliphatic rings. The Labute approximate surface area is 200 Å². The number of hydrogen-bond donors (Lipinski definition) is 2. The fraction of sp³-hybridized carbons (Fsp3) is 0.458. The number of halogens is 3. The molecule has 4 rings (SSSR count). The molecular formula is C24H26ClF2NO6. The minimum Gasteiger partial charge on any atom is -0.493 e. The molecule has 0 radical (unpaired) electrons. The first-order valence-electron chi connectivity index (χ1n) is 10.9. The number of hydrogen-bond acceptors (Lipinski definition) is 6. The summed E-state index contributed by atoms with van der Waals surface area (Å²) in [5, 5.41) is 12.8. The van der Waals surface area contributed by atoms with Crippen molar-refractivity contribution in [2.45, 2.75) is 51.6 Å². The Balaban J connectivity index is 1.27. The lowest BCUT2D eigenvalue weighted by Crippen LogP contribution is -2.63. The molecule has 1 amide bonds. The third-order valence-electron chi connectivity index (χ3n) is 6.13. The van der Waals surface area contributed by atoms with Crippen LogP contribution < -0.4 is 24.3 Å². The van der Waals surface area contributed by atoms with Crippen LogP contribution in [0.1, 0.15) is 38.7 Å². The summed E-state index contributed by atoms with van der Waals surface area (Å²) in [4.78, 5) is 12.5. The molecule has 1 saturated carbocycles. The maximum atomic E-state index is 13.2. The molecule has 2 N–H and O–H groups in total. The summed E-state index contributed by atoms with van der Waals surface area (Å²) in [6.45, 7) is 4.02. The van der Waals surface area contributed by atoms with E-state index < -0.39 is 6.29 Å². The van der Waals surface area contributed by atoms with Gasteiger partial charge in [-0.1, -0.05) is 25.4 Å². The smallest absolute Gasteiger partial charge is 0.493 e. The van der Waals surface area contributed by atoms with Crippen LogP contribution in [0.2, 0.25) is 5.02 Å². The number of aliphatic hydroxyl groups excluding tert-OH is 1. The lowest BCUT2D eigenvalue weighted by Gasteiger charge is -2.54. The highest BCUT2D eigenvalue weighted by Gasteiger charge is 2.52. The van der Waals surface area contributed by atoms with Gasteiger partial charge in [0, 0.05) is 22.0 Å². The highest BCUT2D eigenvalue weighted by atomic mass is 35.5. The molecule has 10 heteroatoms. The molecule has 0 unspecified atom stereocenters. The number of rotatable bonds is 9. The standard InChI is InChI=1S/C24H26ClF2NO6/c1-3-23(28-21(30)11-31-16-4-6-18(25)15(8-16)10-29)12-22(2,13-23)14-32-17-5-7-19-20(9-17)34-24(26,27)33-19/h4-9,29H,3,10-14H2,1-2H3,(H,28,30).